The summed E-state index contributed by atoms with van der Waals surface area (Å²) in [6.07, 6.45) is 6.05. The number of allylic oxidation sites excluding steroid dienone is 2. The molecule has 2 saturated heterocycles. The number of fused-ring (bicyclic) bond motifs is 5. The summed E-state index contributed by atoms with van der Waals surface area (Å²) in [7, 11) is 0. The lowest BCUT2D eigenvalue weighted by Gasteiger charge is -2.32. The average Bonchev–Trinajstić information content (AvgIpc) is 3.24. The number of likely N-dealkylation sites (tertiary alicyclic amines) is 1. The second kappa shape index (κ2) is 5.67. The molecular formula is C17H23N3O4. The van der Waals surface area contributed by atoms with Gasteiger partial charge in [-0.2, -0.15) is 0 Å². The van der Waals surface area contributed by atoms with Gasteiger partial charge in [-0.05, 0) is 31.1 Å². The third-order valence-electron chi connectivity index (χ3n) is 6.02. The van der Waals surface area contributed by atoms with E-state index in [1.165, 1.54) is 4.90 Å². The maximum Gasteiger partial charge on any atom is 0.240 e. The normalized spacial score (nSPS) is 36.3. The van der Waals surface area contributed by atoms with Gasteiger partial charge in [0.2, 0.25) is 17.7 Å². The second-order valence-electron chi connectivity index (χ2n) is 7.35. The number of nitrogens with one attached hydrogen (secondary N) is 1. The van der Waals surface area contributed by atoms with E-state index in [9.17, 15) is 14.4 Å². The summed E-state index contributed by atoms with van der Waals surface area (Å²) in [6, 6.07) is 0. The minimum atomic E-state index is -0.906. The number of imide groups is 1. The predicted octanol–water partition coefficient (Wildman–Crippen LogP) is -0.582. The Bertz CT molecular complexity index is 581. The zero-order valence-corrected chi connectivity index (χ0v) is 13.6. The van der Waals surface area contributed by atoms with Crippen LogP contribution in [0.4, 0.5) is 0 Å². The van der Waals surface area contributed by atoms with Gasteiger partial charge in [0.05, 0.1) is 17.4 Å². The Kier molecular flexibility index (Phi) is 3.73. The molecule has 2 aliphatic carbocycles. The van der Waals surface area contributed by atoms with E-state index in [0.29, 0.717) is 26.1 Å². The van der Waals surface area contributed by atoms with E-state index in [1.54, 1.807) is 0 Å². The number of nitrogens with zero attached hydrogens (tertiary/aromatic N) is 1. The molecule has 7 heteroatoms. The first kappa shape index (κ1) is 15.8. The summed E-state index contributed by atoms with van der Waals surface area (Å²) in [6.45, 7) is 1.43. The number of carbonyl (C=O) groups is 3. The van der Waals surface area contributed by atoms with Gasteiger partial charge in [0.15, 0.2) is 0 Å². The summed E-state index contributed by atoms with van der Waals surface area (Å²) in [5.74, 6) is -0.323. The quantitative estimate of drug-likeness (QED) is 0.529. The smallest absolute Gasteiger partial charge is 0.240 e. The van der Waals surface area contributed by atoms with E-state index >= 15 is 0 Å². The molecule has 24 heavy (non-hydrogen) atoms. The standard InChI is InChI=1S/C17H23N3O4/c18-17(3-7-24-8-4-17)16(23)19-5-6-20-14(21)12-10-1-2-11(9-10)13(12)15(20)22/h1-2,10-13H,3-9,18H2,(H,19,23). The molecule has 3 N–H and O–H groups in total. The van der Waals surface area contributed by atoms with Crippen LogP contribution < -0.4 is 11.1 Å². The Morgan fingerprint density at radius 2 is 1.79 bits per heavy atom. The van der Waals surface area contributed by atoms with E-state index in [1.807, 2.05) is 0 Å². The summed E-state index contributed by atoms with van der Waals surface area (Å²) >= 11 is 0. The van der Waals surface area contributed by atoms with Crippen LogP contribution in [-0.2, 0) is 19.1 Å². The minimum absolute atomic E-state index is 0.0790. The highest BCUT2D eigenvalue weighted by Crippen LogP contribution is 2.52. The van der Waals surface area contributed by atoms with Gasteiger partial charge in [-0.1, -0.05) is 12.2 Å². The molecule has 0 radical (unpaired) electrons. The van der Waals surface area contributed by atoms with Gasteiger partial charge in [-0.3, -0.25) is 19.3 Å². The number of hydrogen-bond acceptors (Lipinski definition) is 5. The lowest BCUT2D eigenvalue weighted by Crippen LogP contribution is -2.57. The van der Waals surface area contributed by atoms with Crippen LogP contribution in [0.1, 0.15) is 19.3 Å². The highest BCUT2D eigenvalue weighted by molar-refractivity contribution is 6.06. The Morgan fingerprint density at radius 3 is 2.38 bits per heavy atom. The average molecular weight is 333 g/mol. The zero-order valence-electron chi connectivity index (χ0n) is 13.6. The Hall–Kier alpha value is -1.73. The first-order valence-corrected chi connectivity index (χ1v) is 8.70. The minimum Gasteiger partial charge on any atom is -0.381 e. The van der Waals surface area contributed by atoms with E-state index in [0.717, 1.165) is 6.42 Å². The van der Waals surface area contributed by atoms with Crippen molar-refractivity contribution in [2.24, 2.45) is 29.4 Å². The van der Waals surface area contributed by atoms with Gasteiger partial charge in [0.25, 0.3) is 0 Å². The fourth-order valence-electron chi connectivity index (χ4n) is 4.60. The number of ether oxygens (including phenoxy) is 1. The first-order chi connectivity index (χ1) is 11.5. The molecule has 2 bridgehead atoms. The number of hydrogen-bond donors (Lipinski definition) is 2. The summed E-state index contributed by atoms with van der Waals surface area (Å²) in [4.78, 5) is 38.7. The van der Waals surface area contributed by atoms with Crippen molar-refractivity contribution in [3.8, 4) is 0 Å². The second-order valence-corrected chi connectivity index (χ2v) is 7.35. The van der Waals surface area contributed by atoms with Crippen LogP contribution in [0.3, 0.4) is 0 Å². The van der Waals surface area contributed by atoms with Gasteiger partial charge >= 0.3 is 0 Å². The monoisotopic (exact) mass is 333 g/mol. The van der Waals surface area contributed by atoms with Crippen molar-refractivity contribution in [2.45, 2.75) is 24.8 Å². The number of rotatable bonds is 4. The van der Waals surface area contributed by atoms with Crippen molar-refractivity contribution in [1.29, 1.82) is 0 Å². The fraction of sp³-hybridized carbons (Fsp3) is 0.706. The molecule has 4 atom stereocenters. The van der Waals surface area contributed by atoms with Gasteiger partial charge in [-0.25, -0.2) is 0 Å². The van der Waals surface area contributed by atoms with Crippen LogP contribution in [-0.4, -0.2) is 54.5 Å². The largest absolute Gasteiger partial charge is 0.381 e. The zero-order chi connectivity index (χ0) is 16.9. The van der Waals surface area contributed by atoms with Crippen LogP contribution >= 0.6 is 0 Å². The van der Waals surface area contributed by atoms with Crippen molar-refractivity contribution in [3.05, 3.63) is 12.2 Å². The van der Waals surface area contributed by atoms with Crippen LogP contribution in [0.15, 0.2) is 12.2 Å². The fourth-order valence-corrected chi connectivity index (χ4v) is 4.60. The third kappa shape index (κ3) is 2.29. The molecule has 4 unspecified atom stereocenters. The number of amides is 3. The molecular weight excluding hydrogens is 310 g/mol. The van der Waals surface area contributed by atoms with Gasteiger partial charge in [-0.15, -0.1) is 0 Å². The van der Waals surface area contributed by atoms with Gasteiger partial charge in [0, 0.05) is 26.3 Å². The first-order valence-electron chi connectivity index (χ1n) is 8.70. The molecule has 0 aromatic rings. The Labute approximate surface area is 140 Å². The summed E-state index contributed by atoms with van der Waals surface area (Å²) in [5, 5.41) is 2.78. The van der Waals surface area contributed by atoms with Gasteiger partial charge in [0.1, 0.15) is 0 Å². The van der Waals surface area contributed by atoms with Crippen molar-refractivity contribution in [1.82, 2.24) is 10.2 Å². The maximum atomic E-state index is 12.5. The van der Waals surface area contributed by atoms with Crippen molar-refractivity contribution >= 4 is 17.7 Å². The van der Waals surface area contributed by atoms with E-state index in [-0.39, 0.29) is 54.5 Å². The predicted molar refractivity (Wildman–Crippen MR) is 84.4 cm³/mol. The van der Waals surface area contributed by atoms with Crippen LogP contribution in [0, 0.1) is 23.7 Å². The van der Waals surface area contributed by atoms with Crippen molar-refractivity contribution in [2.75, 3.05) is 26.3 Å². The molecule has 4 rings (SSSR count). The van der Waals surface area contributed by atoms with Crippen molar-refractivity contribution < 1.29 is 19.1 Å². The summed E-state index contributed by atoms with van der Waals surface area (Å²) < 4.78 is 5.23. The molecule has 3 amide bonds. The van der Waals surface area contributed by atoms with Crippen LogP contribution in [0.2, 0.25) is 0 Å². The molecule has 7 nitrogen and oxygen atoms in total. The molecule has 2 aliphatic heterocycles. The molecule has 4 aliphatic rings. The van der Waals surface area contributed by atoms with E-state index < -0.39 is 5.54 Å². The Morgan fingerprint density at radius 1 is 1.21 bits per heavy atom. The highest BCUT2D eigenvalue weighted by atomic mass is 16.5. The van der Waals surface area contributed by atoms with E-state index in [4.69, 9.17) is 10.5 Å². The summed E-state index contributed by atoms with van der Waals surface area (Å²) in [5.41, 5.74) is 5.22. The topological polar surface area (TPSA) is 102 Å². The SMILES string of the molecule is NC1(C(=O)NCCN2C(=O)C3C4C=CC(C4)C3C2=O)CCOCC1. The lowest BCUT2D eigenvalue weighted by molar-refractivity contribution is -0.141. The molecule has 1 saturated carbocycles. The van der Waals surface area contributed by atoms with Crippen molar-refractivity contribution in [3.63, 3.8) is 0 Å². The van der Waals surface area contributed by atoms with E-state index in [2.05, 4.69) is 17.5 Å². The molecule has 0 aromatic carbocycles. The molecule has 3 fully saturated rings. The molecule has 130 valence electrons. The third-order valence-corrected chi connectivity index (χ3v) is 6.02. The Balaban J connectivity index is 1.33. The number of carbonyl (C=O) groups excluding carboxylic acids is 3. The molecule has 0 spiro atoms. The lowest BCUT2D eigenvalue weighted by atomic mass is 9.85. The number of nitrogens with two attached hydrogens (primary N) is 1. The van der Waals surface area contributed by atoms with Crippen LogP contribution in [0.5, 0.6) is 0 Å². The maximum absolute atomic E-state index is 12.5. The van der Waals surface area contributed by atoms with Crippen LogP contribution in [0.25, 0.3) is 0 Å². The highest BCUT2D eigenvalue weighted by Gasteiger charge is 2.59. The molecule has 2 heterocycles. The molecule has 0 aromatic heterocycles. The van der Waals surface area contributed by atoms with Gasteiger partial charge < -0.3 is 15.8 Å².